The third-order valence-corrected chi connectivity index (χ3v) is 7.61. The fraction of sp³-hybridized carbons (Fsp3) is 0.241. The molecule has 1 N–H and O–H groups in total. The standard InChI is InChI=1S/C29H23F2N7O3/c1-3-23(39)38-14-29(15-38)6-7-37(13-29)26-20(11-32)25(24-16(2)4-5-22-21(24)12-33-36-22)34-28(35-26)41-27(40)17-8-18(30)10-19(31)9-17/h3-5,8-10,12H,1,6-7,13-15H2,2H3,(H,33,36). The molecule has 1 amide bonds. The van der Waals surface area contributed by atoms with Crippen LogP contribution in [0.5, 0.6) is 6.01 Å². The van der Waals surface area contributed by atoms with Crippen LogP contribution in [0.2, 0.25) is 0 Å². The highest BCUT2D eigenvalue weighted by atomic mass is 19.1. The second kappa shape index (κ2) is 9.78. The number of esters is 1. The largest absolute Gasteiger partial charge is 0.387 e. The summed E-state index contributed by atoms with van der Waals surface area (Å²) in [6.07, 6.45) is 3.66. The average Bonchev–Trinajstić information content (AvgIpc) is 3.59. The molecule has 0 radical (unpaired) electrons. The van der Waals surface area contributed by atoms with Crippen LogP contribution in [0.1, 0.15) is 27.9 Å². The van der Waals surface area contributed by atoms with Gasteiger partial charge in [-0.25, -0.2) is 13.6 Å². The Morgan fingerprint density at radius 2 is 1.93 bits per heavy atom. The molecule has 10 nitrogen and oxygen atoms in total. The zero-order valence-electron chi connectivity index (χ0n) is 21.9. The predicted octanol–water partition coefficient (Wildman–Crippen LogP) is 3.92. The molecule has 2 aromatic carbocycles. The minimum Gasteiger partial charge on any atom is -0.387 e. The number of nitrogens with zero attached hydrogens (tertiary/aromatic N) is 6. The van der Waals surface area contributed by atoms with Crippen molar-refractivity contribution >= 4 is 28.6 Å². The highest BCUT2D eigenvalue weighted by Gasteiger charge is 2.49. The summed E-state index contributed by atoms with van der Waals surface area (Å²) in [5.41, 5.74) is 1.98. The number of hydrogen-bond donors (Lipinski definition) is 1. The van der Waals surface area contributed by atoms with E-state index in [0.717, 1.165) is 24.1 Å². The van der Waals surface area contributed by atoms with Gasteiger partial charge in [-0.1, -0.05) is 12.6 Å². The minimum atomic E-state index is -1.06. The second-order valence-corrected chi connectivity index (χ2v) is 10.4. The van der Waals surface area contributed by atoms with Crippen LogP contribution in [-0.2, 0) is 4.79 Å². The third-order valence-electron chi connectivity index (χ3n) is 7.61. The van der Waals surface area contributed by atoms with Gasteiger partial charge in [0, 0.05) is 48.6 Å². The lowest BCUT2D eigenvalue weighted by atomic mass is 9.79. The number of nitriles is 1. The van der Waals surface area contributed by atoms with E-state index in [-0.39, 0.29) is 40.0 Å². The van der Waals surface area contributed by atoms with E-state index in [1.807, 2.05) is 24.0 Å². The predicted molar refractivity (Wildman–Crippen MR) is 144 cm³/mol. The Balaban J connectivity index is 1.44. The highest BCUT2D eigenvalue weighted by molar-refractivity contribution is 5.97. The van der Waals surface area contributed by atoms with Crippen LogP contribution in [-0.4, -0.2) is 63.1 Å². The van der Waals surface area contributed by atoms with E-state index in [2.05, 4.69) is 32.8 Å². The monoisotopic (exact) mass is 555 g/mol. The van der Waals surface area contributed by atoms with Crippen molar-refractivity contribution < 1.29 is 23.1 Å². The molecule has 0 bridgehead atoms. The first kappa shape index (κ1) is 26.1. The molecule has 206 valence electrons. The number of likely N-dealkylation sites (tertiary alicyclic amines) is 1. The molecule has 2 aliphatic rings. The summed E-state index contributed by atoms with van der Waals surface area (Å²) < 4.78 is 33.0. The van der Waals surface area contributed by atoms with E-state index in [0.29, 0.717) is 48.7 Å². The summed E-state index contributed by atoms with van der Waals surface area (Å²) in [6, 6.07) is 7.92. The van der Waals surface area contributed by atoms with Crippen molar-refractivity contribution in [1.82, 2.24) is 25.1 Å². The van der Waals surface area contributed by atoms with Gasteiger partial charge in [-0.2, -0.15) is 20.3 Å². The normalized spacial score (nSPS) is 15.6. The molecule has 0 atom stereocenters. The number of benzene rings is 2. The molecule has 2 fully saturated rings. The van der Waals surface area contributed by atoms with Gasteiger partial charge < -0.3 is 14.5 Å². The Labute approximate surface area is 232 Å². The van der Waals surface area contributed by atoms with Crippen LogP contribution in [0.15, 0.2) is 49.2 Å². The Bertz CT molecular complexity index is 1770. The zero-order chi connectivity index (χ0) is 28.9. The highest BCUT2D eigenvalue weighted by Crippen LogP contribution is 2.43. The van der Waals surface area contributed by atoms with Gasteiger partial charge in [-0.15, -0.1) is 0 Å². The molecule has 4 aromatic rings. The molecule has 0 saturated carbocycles. The fourth-order valence-corrected chi connectivity index (χ4v) is 5.66. The lowest BCUT2D eigenvalue weighted by molar-refractivity contribution is -0.136. The summed E-state index contributed by atoms with van der Waals surface area (Å²) in [5, 5.41) is 18.1. The number of ether oxygens (including phenoxy) is 1. The number of rotatable bonds is 5. The number of aromatic nitrogens is 4. The topological polar surface area (TPSA) is 128 Å². The summed E-state index contributed by atoms with van der Waals surface area (Å²) in [4.78, 5) is 37.5. The van der Waals surface area contributed by atoms with Crippen molar-refractivity contribution in [2.75, 3.05) is 31.1 Å². The SMILES string of the molecule is C=CC(=O)N1CC2(CCN(c3nc(OC(=O)c4cc(F)cc(F)c4)nc(-c4c(C)ccc5[nH]ncc45)c3C#N)C2)C1. The van der Waals surface area contributed by atoms with Gasteiger partial charge in [0.1, 0.15) is 23.3 Å². The maximum atomic E-state index is 13.8. The van der Waals surface area contributed by atoms with E-state index < -0.39 is 17.6 Å². The molecule has 2 aromatic heterocycles. The van der Waals surface area contributed by atoms with Crippen molar-refractivity contribution in [2.45, 2.75) is 13.3 Å². The van der Waals surface area contributed by atoms with E-state index in [9.17, 15) is 23.6 Å². The van der Waals surface area contributed by atoms with E-state index in [4.69, 9.17) is 4.74 Å². The Morgan fingerprint density at radius 3 is 2.63 bits per heavy atom. The lowest BCUT2D eigenvalue weighted by Gasteiger charge is -2.47. The van der Waals surface area contributed by atoms with Crippen molar-refractivity contribution in [3.8, 4) is 23.3 Å². The molecule has 2 aliphatic heterocycles. The van der Waals surface area contributed by atoms with E-state index in [1.54, 1.807) is 11.1 Å². The number of H-pyrrole nitrogens is 1. The smallest absolute Gasteiger partial charge is 0.346 e. The molecule has 0 aliphatic carbocycles. The maximum Gasteiger partial charge on any atom is 0.346 e. The van der Waals surface area contributed by atoms with Crippen LogP contribution in [0.4, 0.5) is 14.6 Å². The summed E-state index contributed by atoms with van der Waals surface area (Å²) >= 11 is 0. The first-order valence-corrected chi connectivity index (χ1v) is 12.8. The quantitative estimate of drug-likeness (QED) is 0.290. The van der Waals surface area contributed by atoms with Gasteiger partial charge in [0.2, 0.25) is 5.91 Å². The van der Waals surface area contributed by atoms with Crippen LogP contribution in [0.25, 0.3) is 22.2 Å². The molecule has 6 rings (SSSR count). The molecular formula is C29H23F2N7O3. The Morgan fingerprint density at radius 1 is 1.17 bits per heavy atom. The number of hydrogen-bond acceptors (Lipinski definition) is 8. The van der Waals surface area contributed by atoms with Crippen molar-refractivity contribution in [2.24, 2.45) is 5.41 Å². The number of aryl methyl sites for hydroxylation is 1. The number of aromatic amines is 1. The van der Waals surface area contributed by atoms with E-state index in [1.165, 1.54) is 6.08 Å². The van der Waals surface area contributed by atoms with Gasteiger partial charge in [-0.05, 0) is 43.2 Å². The molecule has 41 heavy (non-hydrogen) atoms. The van der Waals surface area contributed by atoms with Crippen molar-refractivity contribution in [3.05, 3.63) is 77.5 Å². The van der Waals surface area contributed by atoms with Crippen LogP contribution in [0.3, 0.4) is 0 Å². The van der Waals surface area contributed by atoms with Gasteiger partial charge in [0.15, 0.2) is 5.82 Å². The number of nitrogens with one attached hydrogen (secondary N) is 1. The number of amides is 1. The summed E-state index contributed by atoms with van der Waals surface area (Å²) in [6.45, 7) is 7.56. The number of anilines is 1. The molecule has 0 unspecified atom stereocenters. The van der Waals surface area contributed by atoms with Crippen molar-refractivity contribution in [3.63, 3.8) is 0 Å². The summed E-state index contributed by atoms with van der Waals surface area (Å²) in [5.74, 6) is -2.81. The second-order valence-electron chi connectivity index (χ2n) is 10.4. The lowest BCUT2D eigenvalue weighted by Crippen LogP contribution is -2.59. The zero-order valence-corrected chi connectivity index (χ0v) is 21.9. The maximum absolute atomic E-state index is 13.8. The molecule has 1 spiro atoms. The Kier molecular flexibility index (Phi) is 6.22. The van der Waals surface area contributed by atoms with E-state index >= 15 is 0 Å². The fourth-order valence-electron chi connectivity index (χ4n) is 5.66. The number of fused-ring (bicyclic) bond motifs is 1. The van der Waals surface area contributed by atoms with Crippen molar-refractivity contribution in [1.29, 1.82) is 5.26 Å². The first-order valence-electron chi connectivity index (χ1n) is 12.8. The molecular weight excluding hydrogens is 532 g/mol. The molecule has 2 saturated heterocycles. The Hall–Kier alpha value is -5.18. The van der Waals surface area contributed by atoms with Gasteiger partial charge in [0.05, 0.1) is 23.0 Å². The van der Waals surface area contributed by atoms with Gasteiger partial charge >= 0.3 is 12.0 Å². The third kappa shape index (κ3) is 4.55. The number of carbonyl (C=O) groups is 2. The van der Waals surface area contributed by atoms with Gasteiger partial charge in [0.25, 0.3) is 0 Å². The number of halogens is 2. The first-order chi connectivity index (χ1) is 19.7. The van der Waals surface area contributed by atoms with Gasteiger partial charge in [-0.3, -0.25) is 9.89 Å². The minimum absolute atomic E-state index is 0.136. The number of carbonyl (C=O) groups excluding carboxylic acids is 2. The molecule has 12 heteroatoms. The van der Waals surface area contributed by atoms with Crippen LogP contribution in [0, 0.1) is 35.3 Å². The summed E-state index contributed by atoms with van der Waals surface area (Å²) in [7, 11) is 0. The molecule has 4 heterocycles. The van der Waals surface area contributed by atoms with Crippen LogP contribution >= 0.6 is 0 Å². The average molecular weight is 556 g/mol. The van der Waals surface area contributed by atoms with Crippen LogP contribution < -0.4 is 9.64 Å².